The molecule has 0 aliphatic heterocycles. The van der Waals surface area contributed by atoms with Gasteiger partial charge in [0.25, 0.3) is 0 Å². The molecule has 0 unspecified atom stereocenters. The maximum absolute atomic E-state index is 4.60. The van der Waals surface area contributed by atoms with Crippen molar-refractivity contribution in [2.45, 2.75) is 76.3 Å². The van der Waals surface area contributed by atoms with Crippen LogP contribution in [0.4, 0.5) is 0 Å². The number of hydrogen-bond donors (Lipinski definition) is 1. The van der Waals surface area contributed by atoms with E-state index in [1.54, 1.807) is 0 Å². The Balaban J connectivity index is 1.46. The van der Waals surface area contributed by atoms with Crippen molar-refractivity contribution in [1.29, 1.82) is 0 Å². The van der Waals surface area contributed by atoms with Gasteiger partial charge in [0.15, 0.2) is 5.16 Å². The van der Waals surface area contributed by atoms with Crippen LogP contribution >= 0.6 is 11.8 Å². The van der Waals surface area contributed by atoms with Crippen molar-refractivity contribution in [2.24, 2.45) is 0 Å². The van der Waals surface area contributed by atoms with Gasteiger partial charge in [-0.25, -0.2) is 4.98 Å². The number of fused-ring (bicyclic) bond motifs is 1. The predicted molar refractivity (Wildman–Crippen MR) is 98.7 cm³/mol. The highest BCUT2D eigenvalue weighted by molar-refractivity contribution is 7.99. The molecule has 0 radical (unpaired) electrons. The fourth-order valence-electron chi connectivity index (χ4n) is 2.76. The molecule has 2 nitrogen and oxygen atoms in total. The molecule has 2 aromatic rings. The molecule has 0 fully saturated rings. The van der Waals surface area contributed by atoms with Crippen LogP contribution in [0.3, 0.4) is 0 Å². The van der Waals surface area contributed by atoms with Gasteiger partial charge in [0.05, 0.1) is 11.0 Å². The molecule has 0 aliphatic rings. The van der Waals surface area contributed by atoms with Crippen LogP contribution in [-0.2, 0) is 0 Å². The van der Waals surface area contributed by atoms with E-state index in [0.29, 0.717) is 0 Å². The summed E-state index contributed by atoms with van der Waals surface area (Å²) in [5, 5.41) is 1.07. The summed E-state index contributed by atoms with van der Waals surface area (Å²) in [6, 6.07) is 8.25. The third-order valence-corrected chi connectivity index (χ3v) is 5.06. The van der Waals surface area contributed by atoms with Crippen LogP contribution < -0.4 is 0 Å². The van der Waals surface area contributed by atoms with E-state index >= 15 is 0 Å². The summed E-state index contributed by atoms with van der Waals surface area (Å²) in [5.74, 6) is 1.18. The summed E-state index contributed by atoms with van der Waals surface area (Å²) >= 11 is 1.86. The van der Waals surface area contributed by atoms with Gasteiger partial charge in [-0.15, -0.1) is 0 Å². The zero-order valence-corrected chi connectivity index (χ0v) is 14.8. The summed E-state index contributed by atoms with van der Waals surface area (Å²) < 4.78 is 0. The van der Waals surface area contributed by atoms with E-state index in [4.69, 9.17) is 0 Å². The Morgan fingerprint density at radius 2 is 1.50 bits per heavy atom. The summed E-state index contributed by atoms with van der Waals surface area (Å²) in [6.07, 6.45) is 14.0. The third kappa shape index (κ3) is 6.43. The van der Waals surface area contributed by atoms with E-state index in [9.17, 15) is 0 Å². The topological polar surface area (TPSA) is 28.7 Å². The molecule has 0 saturated carbocycles. The fourth-order valence-corrected chi connectivity index (χ4v) is 3.64. The van der Waals surface area contributed by atoms with Crippen molar-refractivity contribution >= 4 is 22.8 Å². The van der Waals surface area contributed by atoms with Gasteiger partial charge >= 0.3 is 0 Å². The number of H-pyrrole nitrogens is 1. The summed E-state index contributed by atoms with van der Waals surface area (Å²) in [5.41, 5.74) is 2.22. The molecular weight excluding hydrogens is 288 g/mol. The monoisotopic (exact) mass is 318 g/mol. The number of para-hydroxylation sites is 2. The van der Waals surface area contributed by atoms with E-state index in [1.165, 1.54) is 70.0 Å². The molecule has 0 bridgehead atoms. The number of unbranched alkanes of at least 4 members (excludes halogenated alkanes) is 9. The van der Waals surface area contributed by atoms with Gasteiger partial charge in [0.2, 0.25) is 0 Å². The fraction of sp³-hybridized carbons (Fsp3) is 0.632. The average Bonchev–Trinajstić information content (AvgIpc) is 2.95. The van der Waals surface area contributed by atoms with Gasteiger partial charge in [-0.3, -0.25) is 0 Å². The molecular formula is C19H30N2S. The molecule has 22 heavy (non-hydrogen) atoms. The van der Waals surface area contributed by atoms with Gasteiger partial charge < -0.3 is 4.98 Å². The summed E-state index contributed by atoms with van der Waals surface area (Å²) in [6.45, 7) is 2.28. The second kappa shape index (κ2) is 10.7. The first-order valence-corrected chi connectivity index (χ1v) is 9.96. The van der Waals surface area contributed by atoms with Gasteiger partial charge in [-0.2, -0.15) is 0 Å². The van der Waals surface area contributed by atoms with Gasteiger partial charge in [0, 0.05) is 5.75 Å². The summed E-state index contributed by atoms with van der Waals surface area (Å²) in [7, 11) is 0. The van der Waals surface area contributed by atoms with Crippen LogP contribution in [0.5, 0.6) is 0 Å². The maximum Gasteiger partial charge on any atom is 0.166 e. The van der Waals surface area contributed by atoms with Crippen LogP contribution in [-0.4, -0.2) is 15.7 Å². The van der Waals surface area contributed by atoms with Gasteiger partial charge in [-0.1, -0.05) is 88.6 Å². The summed E-state index contributed by atoms with van der Waals surface area (Å²) in [4.78, 5) is 7.99. The van der Waals surface area contributed by atoms with Crippen LogP contribution in [0, 0.1) is 0 Å². The highest BCUT2D eigenvalue weighted by Crippen LogP contribution is 2.20. The van der Waals surface area contributed by atoms with Crippen LogP contribution in [0.25, 0.3) is 11.0 Å². The standard InChI is InChI=1S/C19H30N2S/c1-2-3-4-5-6-7-8-9-10-13-16-22-19-20-17-14-11-12-15-18(17)21-19/h11-12,14-15H,2-10,13,16H2,1H3,(H,20,21). The Hall–Kier alpha value is -0.960. The predicted octanol–water partition coefficient (Wildman–Crippen LogP) is 6.58. The molecule has 0 spiro atoms. The number of nitrogens with zero attached hydrogens (tertiary/aromatic N) is 1. The van der Waals surface area contributed by atoms with E-state index in [2.05, 4.69) is 35.1 Å². The Morgan fingerprint density at radius 1 is 0.864 bits per heavy atom. The molecule has 1 aromatic heterocycles. The number of rotatable bonds is 12. The number of hydrogen-bond acceptors (Lipinski definition) is 2. The van der Waals surface area contributed by atoms with Gasteiger partial charge in [-0.05, 0) is 18.6 Å². The molecule has 2 rings (SSSR count). The van der Waals surface area contributed by atoms with Crippen molar-refractivity contribution in [3.8, 4) is 0 Å². The first kappa shape index (κ1) is 17.4. The minimum atomic E-state index is 1.07. The second-order valence-electron chi connectivity index (χ2n) is 6.09. The number of thioether (sulfide) groups is 1. The van der Waals surface area contributed by atoms with Crippen molar-refractivity contribution in [3.05, 3.63) is 24.3 Å². The van der Waals surface area contributed by atoms with Crippen molar-refractivity contribution in [1.82, 2.24) is 9.97 Å². The SMILES string of the molecule is CCCCCCCCCCCCSc1nc2ccccc2[nH]1. The molecule has 0 atom stereocenters. The van der Waals surface area contributed by atoms with Crippen molar-refractivity contribution in [3.63, 3.8) is 0 Å². The lowest BCUT2D eigenvalue weighted by Crippen LogP contribution is -1.84. The highest BCUT2D eigenvalue weighted by Gasteiger charge is 2.01. The molecule has 122 valence electrons. The number of benzene rings is 1. The Morgan fingerprint density at radius 3 is 2.18 bits per heavy atom. The van der Waals surface area contributed by atoms with E-state index in [1.807, 2.05) is 17.8 Å². The largest absolute Gasteiger partial charge is 0.333 e. The Kier molecular flexibility index (Phi) is 8.47. The quantitative estimate of drug-likeness (QED) is 0.354. The smallest absolute Gasteiger partial charge is 0.166 e. The van der Waals surface area contributed by atoms with Gasteiger partial charge in [0.1, 0.15) is 0 Å². The molecule has 1 aromatic carbocycles. The lowest BCUT2D eigenvalue weighted by atomic mass is 10.1. The molecule has 0 aliphatic carbocycles. The minimum Gasteiger partial charge on any atom is -0.333 e. The second-order valence-corrected chi connectivity index (χ2v) is 7.17. The molecule has 1 N–H and O–H groups in total. The number of aromatic nitrogens is 2. The number of aromatic amines is 1. The lowest BCUT2D eigenvalue weighted by molar-refractivity contribution is 0.563. The first-order valence-electron chi connectivity index (χ1n) is 8.97. The third-order valence-electron chi connectivity index (χ3n) is 4.10. The van der Waals surface area contributed by atoms with E-state index in [0.717, 1.165) is 16.2 Å². The van der Waals surface area contributed by atoms with E-state index in [-0.39, 0.29) is 0 Å². The maximum atomic E-state index is 4.60. The Bertz CT molecular complexity index is 488. The molecule has 0 saturated heterocycles. The van der Waals surface area contributed by atoms with Crippen molar-refractivity contribution in [2.75, 3.05) is 5.75 Å². The highest BCUT2D eigenvalue weighted by atomic mass is 32.2. The number of imidazole rings is 1. The normalized spacial score (nSPS) is 11.3. The molecule has 3 heteroatoms. The van der Waals surface area contributed by atoms with Crippen molar-refractivity contribution < 1.29 is 0 Å². The van der Waals surface area contributed by atoms with Crippen LogP contribution in [0.2, 0.25) is 0 Å². The van der Waals surface area contributed by atoms with E-state index < -0.39 is 0 Å². The molecule has 1 heterocycles. The zero-order chi connectivity index (χ0) is 15.5. The lowest BCUT2D eigenvalue weighted by Gasteiger charge is -2.02. The Labute approximate surface area is 139 Å². The first-order chi connectivity index (χ1) is 10.9. The molecule has 0 amide bonds. The number of nitrogens with one attached hydrogen (secondary N) is 1. The van der Waals surface area contributed by atoms with Crippen LogP contribution in [0.15, 0.2) is 29.4 Å². The average molecular weight is 319 g/mol. The minimum absolute atomic E-state index is 1.07. The zero-order valence-electron chi connectivity index (χ0n) is 13.9. The van der Waals surface area contributed by atoms with Crippen LogP contribution in [0.1, 0.15) is 71.1 Å².